The van der Waals surface area contributed by atoms with Crippen LogP contribution in [0.4, 0.5) is 4.79 Å². The number of benzene rings is 1. The molecule has 0 atom stereocenters. The summed E-state index contributed by atoms with van der Waals surface area (Å²) in [6, 6.07) is 9.69. The number of amides is 2. The summed E-state index contributed by atoms with van der Waals surface area (Å²) in [6.45, 7) is 4.88. The minimum absolute atomic E-state index is 0.0374. The molecule has 0 heterocycles. The molecule has 4 heteroatoms. The van der Waals surface area contributed by atoms with E-state index in [1.54, 1.807) is 0 Å². The summed E-state index contributed by atoms with van der Waals surface area (Å²) in [5, 5.41) is 2.93. The largest absolute Gasteiger partial charge is 0.492 e. The Morgan fingerprint density at radius 2 is 2.10 bits per heavy atom. The van der Waals surface area contributed by atoms with Crippen molar-refractivity contribution in [3.05, 3.63) is 30.3 Å². The van der Waals surface area contributed by atoms with Gasteiger partial charge in [-0.2, -0.15) is 0 Å². The summed E-state index contributed by atoms with van der Waals surface area (Å²) in [7, 11) is 0. The van der Waals surface area contributed by atoms with Gasteiger partial charge in [0.15, 0.2) is 0 Å². The van der Waals surface area contributed by atoms with E-state index in [1.807, 2.05) is 35.2 Å². The number of nitrogens with zero attached hydrogens (tertiary/aromatic N) is 1. The molecular weight excluding hydrogens is 252 g/mol. The molecule has 0 aromatic heterocycles. The molecule has 0 bridgehead atoms. The maximum Gasteiger partial charge on any atom is 0.317 e. The highest BCUT2D eigenvalue weighted by molar-refractivity contribution is 5.74. The van der Waals surface area contributed by atoms with Crippen LogP contribution >= 0.6 is 0 Å². The second-order valence-electron chi connectivity index (χ2n) is 5.28. The molecule has 0 saturated heterocycles. The number of carbonyl (C=O) groups excluding carboxylic acids is 1. The van der Waals surface area contributed by atoms with Crippen molar-refractivity contribution in [2.75, 3.05) is 26.2 Å². The number of rotatable bonds is 8. The number of ether oxygens (including phenoxy) is 1. The molecule has 2 rings (SSSR count). The average Bonchev–Trinajstić information content (AvgIpc) is 3.28. The molecule has 1 aliphatic carbocycles. The van der Waals surface area contributed by atoms with E-state index in [4.69, 9.17) is 4.74 Å². The summed E-state index contributed by atoms with van der Waals surface area (Å²) in [4.78, 5) is 14.0. The van der Waals surface area contributed by atoms with Crippen molar-refractivity contribution in [2.24, 2.45) is 5.92 Å². The van der Waals surface area contributed by atoms with Crippen LogP contribution in [0.2, 0.25) is 0 Å². The first kappa shape index (κ1) is 14.7. The van der Waals surface area contributed by atoms with Gasteiger partial charge in [-0.05, 0) is 37.3 Å². The summed E-state index contributed by atoms with van der Waals surface area (Å²) in [5.74, 6) is 1.57. The van der Waals surface area contributed by atoms with E-state index in [1.165, 1.54) is 12.8 Å². The van der Waals surface area contributed by atoms with Crippen molar-refractivity contribution in [1.82, 2.24) is 10.2 Å². The van der Waals surface area contributed by atoms with E-state index in [9.17, 15) is 4.79 Å². The van der Waals surface area contributed by atoms with Crippen molar-refractivity contribution in [3.63, 3.8) is 0 Å². The van der Waals surface area contributed by atoms with Crippen molar-refractivity contribution < 1.29 is 9.53 Å². The van der Waals surface area contributed by atoms with Gasteiger partial charge in [-0.1, -0.05) is 25.1 Å². The molecule has 1 N–H and O–H groups in total. The number of urea groups is 1. The Morgan fingerprint density at radius 1 is 1.35 bits per heavy atom. The third kappa shape index (κ3) is 5.11. The third-order valence-electron chi connectivity index (χ3n) is 3.35. The van der Waals surface area contributed by atoms with E-state index in [-0.39, 0.29) is 6.03 Å². The fraction of sp³-hybridized carbons (Fsp3) is 0.562. The quantitative estimate of drug-likeness (QED) is 0.742. The first-order valence-electron chi connectivity index (χ1n) is 7.50. The SMILES string of the molecule is CCCN(CC1CC1)C(=O)NCCOc1ccccc1. The Kier molecular flexibility index (Phi) is 5.71. The minimum Gasteiger partial charge on any atom is -0.492 e. The molecule has 110 valence electrons. The number of carbonyl (C=O) groups is 1. The second kappa shape index (κ2) is 7.78. The Balaban J connectivity index is 1.65. The van der Waals surface area contributed by atoms with E-state index in [0.717, 1.165) is 31.2 Å². The zero-order valence-electron chi connectivity index (χ0n) is 12.2. The molecule has 1 saturated carbocycles. The third-order valence-corrected chi connectivity index (χ3v) is 3.35. The molecular formula is C16H24N2O2. The van der Waals surface area contributed by atoms with Crippen LogP contribution in [0.1, 0.15) is 26.2 Å². The van der Waals surface area contributed by atoms with E-state index in [2.05, 4.69) is 12.2 Å². The summed E-state index contributed by atoms with van der Waals surface area (Å²) >= 11 is 0. The van der Waals surface area contributed by atoms with Gasteiger partial charge in [0.25, 0.3) is 0 Å². The minimum atomic E-state index is 0.0374. The Bertz CT molecular complexity index is 404. The lowest BCUT2D eigenvalue weighted by atomic mass is 10.3. The van der Waals surface area contributed by atoms with Crippen LogP contribution in [0, 0.1) is 5.92 Å². The number of hydrogen-bond donors (Lipinski definition) is 1. The lowest BCUT2D eigenvalue weighted by Gasteiger charge is -2.22. The maximum absolute atomic E-state index is 12.1. The van der Waals surface area contributed by atoms with Gasteiger partial charge >= 0.3 is 6.03 Å². The van der Waals surface area contributed by atoms with E-state index < -0.39 is 0 Å². The van der Waals surface area contributed by atoms with Crippen LogP contribution in [0.25, 0.3) is 0 Å². The van der Waals surface area contributed by atoms with Gasteiger partial charge in [-0.25, -0.2) is 4.79 Å². The van der Waals surface area contributed by atoms with Gasteiger partial charge in [0, 0.05) is 13.1 Å². The first-order valence-corrected chi connectivity index (χ1v) is 7.50. The highest BCUT2D eigenvalue weighted by atomic mass is 16.5. The molecule has 0 spiro atoms. The van der Waals surface area contributed by atoms with Crippen molar-refractivity contribution in [2.45, 2.75) is 26.2 Å². The Hall–Kier alpha value is -1.71. The highest BCUT2D eigenvalue weighted by Gasteiger charge is 2.26. The molecule has 1 aromatic carbocycles. The van der Waals surface area contributed by atoms with Gasteiger partial charge in [0.1, 0.15) is 12.4 Å². The van der Waals surface area contributed by atoms with Gasteiger partial charge in [-0.15, -0.1) is 0 Å². The van der Waals surface area contributed by atoms with Crippen LogP contribution in [-0.2, 0) is 0 Å². The molecule has 1 aromatic rings. The van der Waals surface area contributed by atoms with Gasteiger partial charge in [0.05, 0.1) is 6.54 Å². The number of para-hydroxylation sites is 1. The zero-order valence-corrected chi connectivity index (χ0v) is 12.2. The summed E-state index contributed by atoms with van der Waals surface area (Å²) in [6.07, 6.45) is 3.54. The van der Waals surface area contributed by atoms with Crippen LogP contribution in [0.5, 0.6) is 5.75 Å². The fourth-order valence-corrected chi connectivity index (χ4v) is 2.11. The van der Waals surface area contributed by atoms with Gasteiger partial charge < -0.3 is 15.0 Å². The van der Waals surface area contributed by atoms with E-state index in [0.29, 0.717) is 13.2 Å². The van der Waals surface area contributed by atoms with Crippen molar-refractivity contribution in [3.8, 4) is 5.75 Å². The highest BCUT2D eigenvalue weighted by Crippen LogP contribution is 2.29. The van der Waals surface area contributed by atoms with Crippen LogP contribution in [0.15, 0.2) is 30.3 Å². The van der Waals surface area contributed by atoms with Crippen molar-refractivity contribution in [1.29, 1.82) is 0 Å². The van der Waals surface area contributed by atoms with Crippen LogP contribution in [-0.4, -0.2) is 37.2 Å². The Labute approximate surface area is 121 Å². The standard InChI is InChI=1S/C16H24N2O2/c1-2-11-18(13-14-8-9-14)16(19)17-10-12-20-15-6-4-3-5-7-15/h3-7,14H,2,8-13H2,1H3,(H,17,19). The maximum atomic E-state index is 12.1. The zero-order chi connectivity index (χ0) is 14.2. The topological polar surface area (TPSA) is 41.6 Å². The lowest BCUT2D eigenvalue weighted by molar-refractivity contribution is 0.192. The summed E-state index contributed by atoms with van der Waals surface area (Å²) in [5.41, 5.74) is 0. The van der Waals surface area contributed by atoms with E-state index >= 15 is 0 Å². The second-order valence-corrected chi connectivity index (χ2v) is 5.28. The molecule has 1 fully saturated rings. The van der Waals surface area contributed by atoms with Gasteiger partial charge in [0.2, 0.25) is 0 Å². The molecule has 1 aliphatic rings. The molecule has 20 heavy (non-hydrogen) atoms. The number of hydrogen-bond acceptors (Lipinski definition) is 2. The first-order chi connectivity index (χ1) is 9.79. The number of nitrogens with one attached hydrogen (secondary N) is 1. The van der Waals surface area contributed by atoms with Crippen molar-refractivity contribution >= 4 is 6.03 Å². The monoisotopic (exact) mass is 276 g/mol. The predicted molar refractivity (Wildman–Crippen MR) is 79.9 cm³/mol. The lowest BCUT2D eigenvalue weighted by Crippen LogP contribution is -2.42. The summed E-state index contributed by atoms with van der Waals surface area (Å²) < 4.78 is 5.56. The van der Waals surface area contributed by atoms with Gasteiger partial charge in [-0.3, -0.25) is 0 Å². The molecule has 0 aliphatic heterocycles. The normalized spacial score (nSPS) is 13.8. The predicted octanol–water partition coefficient (Wildman–Crippen LogP) is 2.90. The molecule has 0 radical (unpaired) electrons. The van der Waals surface area contributed by atoms with Crippen LogP contribution < -0.4 is 10.1 Å². The average molecular weight is 276 g/mol. The molecule has 0 unspecified atom stereocenters. The molecule has 2 amide bonds. The fourth-order valence-electron chi connectivity index (χ4n) is 2.11. The Morgan fingerprint density at radius 3 is 2.75 bits per heavy atom. The van der Waals surface area contributed by atoms with Crippen LogP contribution in [0.3, 0.4) is 0 Å². The smallest absolute Gasteiger partial charge is 0.317 e. The molecule has 4 nitrogen and oxygen atoms in total.